The number of carbonyl (C=O) groups excluding carboxylic acids is 2. The molecule has 1 rings (SSSR count). The third kappa shape index (κ3) is 6.88. The monoisotopic (exact) mass is 344 g/mol. The predicted octanol–water partition coefficient (Wildman–Crippen LogP) is 2.98. The maximum absolute atomic E-state index is 12.7. The fourth-order valence-corrected chi connectivity index (χ4v) is 2.18. The Morgan fingerprint density at radius 1 is 1.28 bits per heavy atom. The van der Waals surface area contributed by atoms with Gasteiger partial charge in [0, 0.05) is 16.7 Å². The number of rotatable bonds is 5. The van der Waals surface area contributed by atoms with Crippen LogP contribution in [-0.2, 0) is 9.53 Å². The van der Waals surface area contributed by atoms with E-state index in [2.05, 4.69) is 17.2 Å². The average Bonchev–Trinajstić information content (AvgIpc) is 2.50. The van der Waals surface area contributed by atoms with E-state index in [1.54, 1.807) is 18.2 Å². The van der Waals surface area contributed by atoms with E-state index in [0.717, 1.165) is 0 Å². The van der Waals surface area contributed by atoms with Gasteiger partial charge in [-0.2, -0.15) is 0 Å². The van der Waals surface area contributed by atoms with Crippen LogP contribution < -0.4 is 11.1 Å². The fourth-order valence-electron chi connectivity index (χ4n) is 2.18. The second kappa shape index (κ2) is 8.57. The van der Waals surface area contributed by atoms with Gasteiger partial charge in [-0.25, -0.2) is 4.79 Å². The SMILES string of the molecule is COC(=O)C(CC(C)C)NC(=O)c1ccc(N)cc1C#CC(C)(C)C. The quantitative estimate of drug-likeness (QED) is 0.489. The van der Waals surface area contributed by atoms with E-state index >= 15 is 0 Å². The molecule has 0 aromatic heterocycles. The molecule has 0 aliphatic carbocycles. The molecule has 0 saturated carbocycles. The number of hydrogen-bond donors (Lipinski definition) is 2. The number of methoxy groups -OCH3 is 1. The number of anilines is 1. The smallest absolute Gasteiger partial charge is 0.328 e. The molecule has 1 unspecified atom stereocenters. The Hall–Kier alpha value is -2.48. The van der Waals surface area contributed by atoms with Crippen LogP contribution in [-0.4, -0.2) is 25.0 Å². The van der Waals surface area contributed by atoms with Crippen molar-refractivity contribution in [2.45, 2.75) is 47.1 Å². The van der Waals surface area contributed by atoms with Gasteiger partial charge in [0.25, 0.3) is 5.91 Å². The van der Waals surface area contributed by atoms with Crippen LogP contribution in [0, 0.1) is 23.2 Å². The van der Waals surface area contributed by atoms with Crippen LogP contribution in [0.2, 0.25) is 0 Å². The number of benzene rings is 1. The van der Waals surface area contributed by atoms with Crippen LogP contribution >= 0.6 is 0 Å². The van der Waals surface area contributed by atoms with Crippen molar-refractivity contribution in [3.8, 4) is 11.8 Å². The van der Waals surface area contributed by atoms with Crippen LogP contribution in [0.3, 0.4) is 0 Å². The molecule has 0 saturated heterocycles. The third-order valence-electron chi connectivity index (χ3n) is 3.36. The summed E-state index contributed by atoms with van der Waals surface area (Å²) in [5.41, 5.74) is 7.09. The highest BCUT2D eigenvalue weighted by Crippen LogP contribution is 2.16. The first kappa shape index (κ1) is 20.6. The summed E-state index contributed by atoms with van der Waals surface area (Å²) in [6, 6.07) is 4.25. The summed E-state index contributed by atoms with van der Waals surface area (Å²) in [6.45, 7) is 9.92. The lowest BCUT2D eigenvalue weighted by Gasteiger charge is -2.19. The van der Waals surface area contributed by atoms with Crippen molar-refractivity contribution in [3.05, 3.63) is 29.3 Å². The van der Waals surface area contributed by atoms with Crippen molar-refractivity contribution in [2.75, 3.05) is 12.8 Å². The van der Waals surface area contributed by atoms with Gasteiger partial charge in [0.15, 0.2) is 0 Å². The van der Waals surface area contributed by atoms with Crippen LogP contribution in [0.25, 0.3) is 0 Å². The molecule has 0 radical (unpaired) electrons. The van der Waals surface area contributed by atoms with E-state index in [0.29, 0.717) is 23.2 Å². The first-order valence-corrected chi connectivity index (χ1v) is 8.35. The number of hydrogen-bond acceptors (Lipinski definition) is 4. The highest BCUT2D eigenvalue weighted by atomic mass is 16.5. The van der Waals surface area contributed by atoms with Gasteiger partial charge in [-0.05, 0) is 51.3 Å². The molecule has 1 aromatic carbocycles. The van der Waals surface area contributed by atoms with Crippen molar-refractivity contribution >= 4 is 17.6 Å². The summed E-state index contributed by atoms with van der Waals surface area (Å²) >= 11 is 0. The number of ether oxygens (including phenoxy) is 1. The first-order valence-electron chi connectivity index (χ1n) is 8.35. The van der Waals surface area contributed by atoms with Crippen molar-refractivity contribution in [2.24, 2.45) is 11.3 Å². The Labute approximate surface area is 150 Å². The van der Waals surface area contributed by atoms with Gasteiger partial charge in [-0.1, -0.05) is 25.7 Å². The molecule has 3 N–H and O–H groups in total. The number of nitrogens with two attached hydrogens (primary N) is 1. The summed E-state index contributed by atoms with van der Waals surface area (Å²) in [6.07, 6.45) is 0.496. The number of nitrogens with one attached hydrogen (secondary N) is 1. The van der Waals surface area contributed by atoms with Gasteiger partial charge in [-0.3, -0.25) is 4.79 Å². The highest BCUT2D eigenvalue weighted by Gasteiger charge is 2.24. The van der Waals surface area contributed by atoms with E-state index in [9.17, 15) is 9.59 Å². The Morgan fingerprint density at radius 3 is 2.44 bits per heavy atom. The van der Waals surface area contributed by atoms with Crippen molar-refractivity contribution in [1.29, 1.82) is 0 Å². The van der Waals surface area contributed by atoms with E-state index in [1.807, 2.05) is 34.6 Å². The Kier molecular flexibility index (Phi) is 7.05. The summed E-state index contributed by atoms with van der Waals surface area (Å²) in [5, 5.41) is 2.75. The maximum atomic E-state index is 12.7. The Balaban J connectivity index is 3.15. The van der Waals surface area contributed by atoms with Crippen molar-refractivity contribution < 1.29 is 14.3 Å². The lowest BCUT2D eigenvalue weighted by atomic mass is 9.96. The molecule has 1 atom stereocenters. The van der Waals surface area contributed by atoms with E-state index < -0.39 is 12.0 Å². The minimum absolute atomic E-state index is 0.204. The van der Waals surface area contributed by atoms with Crippen LogP contribution in [0.1, 0.15) is 57.0 Å². The molecule has 0 fully saturated rings. The molecular weight excluding hydrogens is 316 g/mol. The second-order valence-electron chi connectivity index (χ2n) is 7.48. The molecule has 0 spiro atoms. The van der Waals surface area contributed by atoms with Gasteiger partial charge in [0.1, 0.15) is 6.04 Å². The fraction of sp³-hybridized carbons (Fsp3) is 0.500. The first-order chi connectivity index (χ1) is 11.5. The summed E-state index contributed by atoms with van der Waals surface area (Å²) in [4.78, 5) is 24.6. The normalized spacial score (nSPS) is 12.1. The summed E-state index contributed by atoms with van der Waals surface area (Å²) in [7, 11) is 1.31. The Morgan fingerprint density at radius 2 is 1.92 bits per heavy atom. The maximum Gasteiger partial charge on any atom is 0.328 e. The van der Waals surface area contributed by atoms with Gasteiger partial charge in [0.2, 0.25) is 0 Å². The summed E-state index contributed by atoms with van der Waals surface area (Å²) in [5.74, 6) is 5.54. The lowest BCUT2D eigenvalue weighted by molar-refractivity contribution is -0.143. The van der Waals surface area contributed by atoms with Crippen LogP contribution in [0.4, 0.5) is 5.69 Å². The number of carbonyl (C=O) groups is 2. The average molecular weight is 344 g/mol. The molecule has 25 heavy (non-hydrogen) atoms. The van der Waals surface area contributed by atoms with E-state index in [4.69, 9.17) is 10.5 Å². The Bertz CT molecular complexity index is 691. The molecule has 5 nitrogen and oxygen atoms in total. The largest absolute Gasteiger partial charge is 0.467 e. The molecule has 5 heteroatoms. The number of esters is 1. The molecule has 0 aliphatic heterocycles. The highest BCUT2D eigenvalue weighted by molar-refractivity contribution is 5.99. The summed E-state index contributed by atoms with van der Waals surface area (Å²) < 4.78 is 4.79. The van der Waals surface area contributed by atoms with Crippen LogP contribution in [0.5, 0.6) is 0 Å². The number of amides is 1. The number of nitrogen functional groups attached to an aromatic ring is 1. The van der Waals surface area contributed by atoms with Crippen molar-refractivity contribution in [3.63, 3.8) is 0 Å². The lowest BCUT2D eigenvalue weighted by Crippen LogP contribution is -2.42. The predicted molar refractivity (Wildman–Crippen MR) is 99.9 cm³/mol. The zero-order chi connectivity index (χ0) is 19.2. The second-order valence-corrected chi connectivity index (χ2v) is 7.48. The molecule has 1 aromatic rings. The third-order valence-corrected chi connectivity index (χ3v) is 3.36. The minimum atomic E-state index is -0.696. The van der Waals surface area contributed by atoms with Gasteiger partial charge in [-0.15, -0.1) is 0 Å². The molecule has 0 bridgehead atoms. The minimum Gasteiger partial charge on any atom is -0.467 e. The van der Waals surface area contributed by atoms with Crippen molar-refractivity contribution in [1.82, 2.24) is 5.32 Å². The zero-order valence-electron chi connectivity index (χ0n) is 15.9. The van der Waals surface area contributed by atoms with E-state index in [1.165, 1.54) is 7.11 Å². The van der Waals surface area contributed by atoms with Gasteiger partial charge in [0.05, 0.1) is 12.7 Å². The standard InChI is InChI=1S/C20H28N2O3/c1-13(2)11-17(19(24)25-6)22-18(23)16-8-7-15(21)12-14(16)9-10-20(3,4)5/h7-8,12-13,17H,11,21H2,1-6H3,(H,22,23). The van der Waals surface area contributed by atoms with Gasteiger partial charge >= 0.3 is 5.97 Å². The van der Waals surface area contributed by atoms with E-state index in [-0.39, 0.29) is 17.2 Å². The molecule has 0 heterocycles. The van der Waals surface area contributed by atoms with Gasteiger partial charge < -0.3 is 15.8 Å². The topological polar surface area (TPSA) is 81.4 Å². The zero-order valence-corrected chi connectivity index (χ0v) is 15.9. The molecule has 0 aliphatic rings. The molecule has 136 valence electrons. The molecular formula is C20H28N2O3. The molecule has 1 amide bonds. The van der Waals surface area contributed by atoms with Crippen LogP contribution in [0.15, 0.2) is 18.2 Å².